The number of hydrazone groups is 1. The zero-order valence-corrected chi connectivity index (χ0v) is 18.1. The van der Waals surface area contributed by atoms with Crippen LogP contribution in [0.1, 0.15) is 24.5 Å². The summed E-state index contributed by atoms with van der Waals surface area (Å²) >= 11 is 9.29. The lowest BCUT2D eigenvalue weighted by Gasteiger charge is -2.09. The highest BCUT2D eigenvalue weighted by Crippen LogP contribution is 2.25. The number of carbonyl (C=O) groups is 2. The normalized spacial score (nSPS) is 11.1. The summed E-state index contributed by atoms with van der Waals surface area (Å²) in [5, 5.41) is 7.33. The molecule has 28 heavy (non-hydrogen) atoms. The van der Waals surface area contributed by atoms with Gasteiger partial charge in [0.25, 0.3) is 5.91 Å². The molecule has 0 fully saturated rings. The molecular weight excluding hydrogens is 446 g/mol. The van der Waals surface area contributed by atoms with Crippen LogP contribution in [0.4, 0.5) is 5.69 Å². The van der Waals surface area contributed by atoms with Crippen LogP contribution in [0.15, 0.2) is 46.0 Å². The molecule has 0 saturated carbocycles. The molecule has 2 rings (SSSR count). The molecule has 0 atom stereocenters. The number of carbonyl (C=O) groups excluding carboxylic acids is 2. The van der Waals surface area contributed by atoms with Crippen molar-refractivity contribution in [3.05, 3.63) is 57.0 Å². The Labute approximate surface area is 177 Å². The van der Waals surface area contributed by atoms with Crippen LogP contribution >= 0.6 is 27.5 Å². The van der Waals surface area contributed by atoms with Crippen LogP contribution in [-0.2, 0) is 9.59 Å². The topological polar surface area (TPSA) is 79.8 Å². The van der Waals surface area contributed by atoms with Crippen LogP contribution in [0, 0.1) is 13.8 Å². The van der Waals surface area contributed by atoms with E-state index in [-0.39, 0.29) is 18.9 Å². The summed E-state index contributed by atoms with van der Waals surface area (Å²) in [7, 11) is 0. The molecule has 0 unspecified atom stereocenters. The van der Waals surface area contributed by atoms with E-state index >= 15 is 0 Å². The van der Waals surface area contributed by atoms with Crippen molar-refractivity contribution in [2.24, 2.45) is 5.10 Å². The predicted molar refractivity (Wildman–Crippen MR) is 115 cm³/mol. The van der Waals surface area contributed by atoms with E-state index in [1.165, 1.54) is 0 Å². The van der Waals surface area contributed by atoms with E-state index < -0.39 is 5.91 Å². The van der Waals surface area contributed by atoms with Gasteiger partial charge < -0.3 is 10.1 Å². The summed E-state index contributed by atoms with van der Waals surface area (Å²) < 4.78 is 6.22. The number of nitrogens with one attached hydrogen (secondary N) is 2. The predicted octanol–water partition coefficient (Wildman–Crippen LogP) is 4.62. The summed E-state index contributed by atoms with van der Waals surface area (Å²) in [5.41, 5.74) is 5.48. The second-order valence-electron chi connectivity index (χ2n) is 6.29. The number of rotatable bonds is 7. The van der Waals surface area contributed by atoms with Crippen molar-refractivity contribution < 1.29 is 14.3 Å². The third kappa shape index (κ3) is 6.98. The van der Waals surface area contributed by atoms with Gasteiger partial charge in [-0.25, -0.2) is 5.43 Å². The van der Waals surface area contributed by atoms with Crippen molar-refractivity contribution in [2.45, 2.75) is 27.2 Å². The van der Waals surface area contributed by atoms with Crippen LogP contribution in [0.25, 0.3) is 0 Å². The average molecular weight is 467 g/mol. The quantitative estimate of drug-likeness (QED) is 0.461. The molecule has 0 aliphatic carbocycles. The number of ether oxygens (including phenoxy) is 1. The van der Waals surface area contributed by atoms with E-state index in [0.717, 1.165) is 15.6 Å². The molecule has 0 spiro atoms. The van der Waals surface area contributed by atoms with E-state index in [9.17, 15) is 9.59 Å². The molecule has 148 valence electrons. The van der Waals surface area contributed by atoms with Gasteiger partial charge in [-0.15, -0.1) is 0 Å². The summed E-state index contributed by atoms with van der Waals surface area (Å²) in [6.07, 6.45) is 0.0483. The minimum Gasteiger partial charge on any atom is -0.483 e. The smallest absolute Gasteiger partial charge is 0.277 e. The van der Waals surface area contributed by atoms with Gasteiger partial charge in [-0.05, 0) is 78.2 Å². The molecule has 2 aromatic carbocycles. The molecule has 0 bridgehead atoms. The van der Waals surface area contributed by atoms with Crippen LogP contribution in [-0.4, -0.2) is 24.1 Å². The fourth-order valence-electron chi connectivity index (χ4n) is 2.29. The Morgan fingerprint density at radius 3 is 2.57 bits per heavy atom. The van der Waals surface area contributed by atoms with E-state index in [2.05, 4.69) is 31.8 Å². The lowest BCUT2D eigenvalue weighted by molar-refractivity contribution is -0.123. The molecule has 2 N–H and O–H groups in total. The molecule has 0 aliphatic heterocycles. The van der Waals surface area contributed by atoms with Crippen LogP contribution in [0.3, 0.4) is 0 Å². The van der Waals surface area contributed by atoms with Gasteiger partial charge in [0, 0.05) is 16.4 Å². The zero-order valence-electron chi connectivity index (χ0n) is 15.8. The standard InChI is InChI=1S/C20H21BrClN3O3/c1-12-4-7-18(16(21)8-12)28-11-20(27)25-24-14(3)10-19(26)23-17-6-5-15(22)9-13(17)2/h4-9H,10-11H2,1-3H3,(H,23,26)(H,25,27). The number of hydrogen-bond acceptors (Lipinski definition) is 4. The second-order valence-corrected chi connectivity index (χ2v) is 7.58. The van der Waals surface area contributed by atoms with Crippen LogP contribution < -0.4 is 15.5 Å². The van der Waals surface area contributed by atoms with Crippen molar-refractivity contribution in [3.8, 4) is 5.75 Å². The SMILES string of the molecule is CC(CC(=O)Nc1ccc(Cl)cc1C)=NNC(=O)COc1ccc(C)cc1Br. The third-order valence-corrected chi connectivity index (χ3v) is 4.55. The Morgan fingerprint density at radius 2 is 1.89 bits per heavy atom. The van der Waals surface area contributed by atoms with Crippen molar-refractivity contribution in [1.82, 2.24) is 5.43 Å². The highest BCUT2D eigenvalue weighted by Gasteiger charge is 2.09. The van der Waals surface area contributed by atoms with Gasteiger partial charge in [-0.3, -0.25) is 9.59 Å². The lowest BCUT2D eigenvalue weighted by Crippen LogP contribution is -2.26. The molecule has 0 heterocycles. The summed E-state index contributed by atoms with van der Waals surface area (Å²) in [5.74, 6) is -0.0827. The van der Waals surface area contributed by atoms with Crippen LogP contribution in [0.5, 0.6) is 5.75 Å². The first-order valence-corrected chi connectivity index (χ1v) is 9.68. The Balaban J connectivity index is 1.80. The highest BCUT2D eigenvalue weighted by molar-refractivity contribution is 9.10. The Morgan fingerprint density at radius 1 is 1.14 bits per heavy atom. The second kappa shape index (κ2) is 10.2. The fraction of sp³-hybridized carbons (Fsp3) is 0.250. The van der Waals surface area contributed by atoms with E-state index in [1.807, 2.05) is 26.0 Å². The molecule has 6 nitrogen and oxygen atoms in total. The van der Waals surface area contributed by atoms with Crippen LogP contribution in [0.2, 0.25) is 5.02 Å². The number of nitrogens with zero attached hydrogens (tertiary/aromatic N) is 1. The van der Waals surface area contributed by atoms with Gasteiger partial charge in [-0.2, -0.15) is 5.10 Å². The Bertz CT molecular complexity index is 916. The highest BCUT2D eigenvalue weighted by atomic mass is 79.9. The van der Waals surface area contributed by atoms with Gasteiger partial charge in [0.2, 0.25) is 5.91 Å². The molecule has 0 saturated heterocycles. The first kappa shape index (κ1) is 21.9. The molecule has 0 aliphatic rings. The summed E-state index contributed by atoms with van der Waals surface area (Å²) in [4.78, 5) is 24.0. The summed E-state index contributed by atoms with van der Waals surface area (Å²) in [6, 6.07) is 10.8. The molecule has 2 aromatic rings. The Kier molecular flexibility index (Phi) is 8.02. The maximum Gasteiger partial charge on any atom is 0.277 e. The van der Waals surface area contributed by atoms with E-state index in [1.54, 1.807) is 31.2 Å². The number of anilines is 1. The van der Waals surface area contributed by atoms with Crippen molar-refractivity contribution in [3.63, 3.8) is 0 Å². The molecule has 0 aromatic heterocycles. The van der Waals surface area contributed by atoms with Crippen molar-refractivity contribution in [2.75, 3.05) is 11.9 Å². The van der Waals surface area contributed by atoms with Gasteiger partial charge in [0.1, 0.15) is 5.75 Å². The monoisotopic (exact) mass is 465 g/mol. The number of benzene rings is 2. The van der Waals surface area contributed by atoms with Gasteiger partial charge in [0.15, 0.2) is 6.61 Å². The van der Waals surface area contributed by atoms with E-state index in [0.29, 0.717) is 22.2 Å². The molecule has 0 radical (unpaired) electrons. The fourth-order valence-corrected chi connectivity index (χ4v) is 3.12. The maximum atomic E-state index is 12.1. The van der Waals surface area contributed by atoms with Gasteiger partial charge in [0.05, 0.1) is 10.9 Å². The third-order valence-electron chi connectivity index (χ3n) is 3.70. The minimum atomic E-state index is -0.416. The molecule has 8 heteroatoms. The Hall–Kier alpha value is -2.38. The molecular formula is C20H21BrClN3O3. The lowest BCUT2D eigenvalue weighted by atomic mass is 10.2. The van der Waals surface area contributed by atoms with E-state index in [4.69, 9.17) is 16.3 Å². The first-order valence-electron chi connectivity index (χ1n) is 8.51. The summed E-state index contributed by atoms with van der Waals surface area (Å²) in [6.45, 7) is 5.29. The number of hydrogen-bond donors (Lipinski definition) is 2. The maximum absolute atomic E-state index is 12.1. The number of amides is 2. The van der Waals surface area contributed by atoms with Crippen molar-refractivity contribution >= 4 is 50.7 Å². The number of aryl methyl sites for hydroxylation is 2. The zero-order chi connectivity index (χ0) is 20.7. The van der Waals surface area contributed by atoms with Gasteiger partial charge in [-0.1, -0.05) is 17.7 Å². The number of halogens is 2. The minimum absolute atomic E-state index is 0.0483. The van der Waals surface area contributed by atoms with Gasteiger partial charge >= 0.3 is 0 Å². The van der Waals surface area contributed by atoms with Crippen molar-refractivity contribution in [1.29, 1.82) is 0 Å². The average Bonchev–Trinajstić information content (AvgIpc) is 2.61. The molecule has 2 amide bonds. The largest absolute Gasteiger partial charge is 0.483 e. The first-order chi connectivity index (χ1) is 13.2.